The topological polar surface area (TPSA) is 23.8 Å². The molecule has 2 heteroatoms. The number of nitrogens with zero attached hydrogens (tertiary/aromatic N) is 1. The van der Waals surface area contributed by atoms with Gasteiger partial charge in [-0.15, -0.1) is 48.5 Å². The largest absolute Gasteiger partial charge is 0.241 e. The van der Waals surface area contributed by atoms with Gasteiger partial charge < -0.3 is 0 Å². The molecular weight excluding hydrogens is 505 g/mol. The molecule has 0 bridgehead atoms. The molecule has 1 nitrogen and oxygen atoms in total. The quantitative estimate of drug-likeness (QED) is 0.213. The molecule has 5 aromatic carbocycles. The number of hydrogen-bond acceptors (Lipinski definition) is 1. The zero-order valence-electron chi connectivity index (χ0n) is 21.0. The van der Waals surface area contributed by atoms with Crippen LogP contribution in [0.2, 0.25) is 0 Å². The summed E-state index contributed by atoms with van der Waals surface area (Å²) < 4.78 is 0. The third kappa shape index (κ3) is 5.98. The molecule has 6 rings (SSSR count). The van der Waals surface area contributed by atoms with E-state index in [1.807, 2.05) is 48.5 Å². The summed E-state index contributed by atoms with van der Waals surface area (Å²) in [6, 6.07) is 54.6. The first-order valence-corrected chi connectivity index (χ1v) is 12.6. The van der Waals surface area contributed by atoms with Crippen LogP contribution in [-0.2, 0) is 16.8 Å². The molecule has 1 saturated carbocycles. The van der Waals surface area contributed by atoms with Crippen LogP contribution in [0.25, 0.3) is 0 Å². The predicted octanol–water partition coefficient (Wildman–Crippen LogP) is 8.42. The third-order valence-corrected chi connectivity index (χ3v) is 6.62. The van der Waals surface area contributed by atoms with Crippen LogP contribution < -0.4 is 0 Å². The average molecular weight is 534 g/mol. The van der Waals surface area contributed by atoms with E-state index in [2.05, 4.69) is 109 Å². The Bertz CT molecular complexity index is 1340. The van der Waals surface area contributed by atoms with Gasteiger partial charge in [-0.1, -0.05) is 30.7 Å². The fraction of sp³-hybridized carbons (Fsp3) is 0.0556. The van der Waals surface area contributed by atoms with Crippen molar-refractivity contribution in [2.45, 2.75) is 6.42 Å². The van der Waals surface area contributed by atoms with Gasteiger partial charge in [-0.25, -0.2) is 41.0 Å². The average Bonchev–Trinajstić information content (AvgIpc) is 3.58. The van der Waals surface area contributed by atoms with Crippen LogP contribution >= 0.6 is 0 Å². The van der Waals surface area contributed by atoms with E-state index in [9.17, 15) is 5.26 Å². The smallest absolute Gasteiger partial charge is 0.0558 e. The second kappa shape index (κ2) is 13.3. The number of nitriles is 1. The van der Waals surface area contributed by atoms with Gasteiger partial charge in [-0.3, -0.25) is 0 Å². The monoisotopic (exact) mass is 533 g/mol. The van der Waals surface area contributed by atoms with Gasteiger partial charge in [0, 0.05) is 22.7 Å². The Morgan fingerprint density at radius 2 is 0.974 bits per heavy atom. The molecule has 0 N–H and O–H groups in total. The minimum Gasteiger partial charge on any atom is -0.241 e. The molecule has 0 saturated heterocycles. The maximum Gasteiger partial charge on any atom is 0.0558 e. The molecule has 191 valence electrons. The number of benzene rings is 4. The van der Waals surface area contributed by atoms with Crippen LogP contribution in [0.1, 0.15) is 28.7 Å². The van der Waals surface area contributed by atoms with E-state index in [1.165, 1.54) is 23.0 Å². The molecule has 1 aliphatic rings. The van der Waals surface area contributed by atoms with Crippen LogP contribution in [0, 0.1) is 40.9 Å². The first-order chi connectivity index (χ1) is 18.4. The zero-order chi connectivity index (χ0) is 25.3. The predicted molar refractivity (Wildman–Crippen MR) is 151 cm³/mol. The molecule has 5 aromatic rings. The molecule has 0 amide bonds. The third-order valence-electron chi connectivity index (χ3n) is 6.62. The van der Waals surface area contributed by atoms with Gasteiger partial charge in [0.25, 0.3) is 0 Å². The van der Waals surface area contributed by atoms with Crippen molar-refractivity contribution in [1.82, 2.24) is 0 Å². The molecule has 1 radical (unpaired) electrons. The van der Waals surface area contributed by atoms with E-state index in [1.54, 1.807) is 0 Å². The molecule has 0 aliphatic heterocycles. The van der Waals surface area contributed by atoms with E-state index in [0.29, 0.717) is 6.42 Å². The summed E-state index contributed by atoms with van der Waals surface area (Å²) >= 11 is 0. The van der Waals surface area contributed by atoms with Crippen molar-refractivity contribution < 1.29 is 16.8 Å². The Balaban J connectivity index is 0.000000504. The van der Waals surface area contributed by atoms with Crippen LogP contribution in [0.3, 0.4) is 0 Å². The SMILES string of the molecule is N#CC1C[C-](c2ccccc2)[C-](c2ccccc2)[C-](c2ccccc2)[C-]1c1ccccc1.[Co].c1cc[cH-]c1. The Hall–Kier alpha value is -4.29. The number of rotatable bonds is 4. The summed E-state index contributed by atoms with van der Waals surface area (Å²) in [7, 11) is 0. The van der Waals surface area contributed by atoms with E-state index in [0.717, 1.165) is 23.0 Å². The van der Waals surface area contributed by atoms with Gasteiger partial charge in [0.2, 0.25) is 0 Å². The number of hydrogen-bond donors (Lipinski definition) is 0. The molecule has 1 aliphatic carbocycles. The Morgan fingerprint density at radius 3 is 1.39 bits per heavy atom. The van der Waals surface area contributed by atoms with E-state index < -0.39 is 0 Å². The van der Waals surface area contributed by atoms with Crippen LogP contribution in [-0.4, -0.2) is 0 Å². The van der Waals surface area contributed by atoms with E-state index in [-0.39, 0.29) is 22.7 Å². The second-order valence-electron chi connectivity index (χ2n) is 8.95. The first-order valence-electron chi connectivity index (χ1n) is 12.6. The van der Waals surface area contributed by atoms with Crippen molar-refractivity contribution in [2.24, 2.45) is 5.92 Å². The van der Waals surface area contributed by atoms with E-state index >= 15 is 0 Å². The summed E-state index contributed by atoms with van der Waals surface area (Å²) in [5.74, 6) is 4.47. The molecule has 1 unspecified atom stereocenters. The minimum atomic E-state index is -0.227. The Morgan fingerprint density at radius 1 is 0.553 bits per heavy atom. The normalized spacial score (nSPS) is 14.6. The molecule has 1 atom stereocenters. The summed E-state index contributed by atoms with van der Waals surface area (Å²) in [6.07, 6.45) is 0.686. The van der Waals surface area contributed by atoms with E-state index in [4.69, 9.17) is 0 Å². The van der Waals surface area contributed by atoms with Crippen molar-refractivity contribution in [1.29, 1.82) is 5.26 Å². The Labute approximate surface area is 237 Å². The van der Waals surface area contributed by atoms with Crippen molar-refractivity contribution >= 4 is 0 Å². The fourth-order valence-electron chi connectivity index (χ4n) is 4.99. The summed E-state index contributed by atoms with van der Waals surface area (Å²) in [5, 5.41) is 10.3. The minimum absolute atomic E-state index is 0. The van der Waals surface area contributed by atoms with Crippen molar-refractivity contribution in [3.05, 3.63) is 198 Å². The summed E-state index contributed by atoms with van der Waals surface area (Å²) in [4.78, 5) is 0. The molecule has 1 fully saturated rings. The molecule has 0 spiro atoms. The maximum absolute atomic E-state index is 10.3. The summed E-state index contributed by atoms with van der Waals surface area (Å²) in [6.45, 7) is 0. The van der Waals surface area contributed by atoms with Crippen LogP contribution in [0.4, 0.5) is 0 Å². The second-order valence-corrected chi connectivity index (χ2v) is 8.95. The van der Waals surface area contributed by atoms with Crippen molar-refractivity contribution in [3.8, 4) is 6.07 Å². The summed E-state index contributed by atoms with van der Waals surface area (Å²) in [5.41, 5.74) is 4.60. The van der Waals surface area contributed by atoms with Gasteiger partial charge in [0.1, 0.15) is 0 Å². The zero-order valence-corrected chi connectivity index (χ0v) is 22.0. The van der Waals surface area contributed by atoms with Gasteiger partial charge in [-0.2, -0.15) is 89.0 Å². The standard InChI is InChI=1S/C31H23N.C5H5.Co/c32-22-27-21-28(23-13-5-1-6-14-23)30(25-17-9-3-10-18-25)31(26-19-11-4-12-20-26)29(27)24-15-7-2-8-16-24;1-2-4-5-3-1;/h1-20,27H,21H2;1-5H;/q-4;-1;. The molecule has 38 heavy (non-hydrogen) atoms. The van der Waals surface area contributed by atoms with Gasteiger partial charge in [0.05, 0.1) is 6.07 Å². The molecular formula is C36H28CoN-5. The Kier molecular flexibility index (Phi) is 9.37. The van der Waals surface area contributed by atoms with Crippen molar-refractivity contribution in [2.75, 3.05) is 0 Å². The first kappa shape index (κ1) is 26.8. The maximum atomic E-state index is 10.3. The molecule has 0 heterocycles. The van der Waals surface area contributed by atoms with Crippen LogP contribution in [0.15, 0.2) is 152 Å². The fourth-order valence-corrected chi connectivity index (χ4v) is 4.99. The van der Waals surface area contributed by atoms with Gasteiger partial charge >= 0.3 is 0 Å². The van der Waals surface area contributed by atoms with Gasteiger partial charge in [-0.05, 0) is 0 Å². The van der Waals surface area contributed by atoms with Crippen LogP contribution in [0.5, 0.6) is 0 Å². The van der Waals surface area contributed by atoms with Gasteiger partial charge in [0.15, 0.2) is 0 Å². The molecule has 0 aromatic heterocycles. The van der Waals surface area contributed by atoms with Crippen molar-refractivity contribution in [3.63, 3.8) is 0 Å².